The van der Waals surface area contributed by atoms with E-state index in [1.54, 1.807) is 36.8 Å². The topological polar surface area (TPSA) is 105 Å². The predicted molar refractivity (Wildman–Crippen MR) is 125 cm³/mol. The molecule has 0 spiro atoms. The highest BCUT2D eigenvalue weighted by Crippen LogP contribution is 2.25. The summed E-state index contributed by atoms with van der Waals surface area (Å²) in [5, 5.41) is 9.42. The first-order chi connectivity index (χ1) is 15.1. The summed E-state index contributed by atoms with van der Waals surface area (Å²) in [4.78, 5) is 21.0. The minimum Gasteiger partial charge on any atom is -0.398 e. The van der Waals surface area contributed by atoms with Crippen LogP contribution in [0.25, 0.3) is 0 Å². The summed E-state index contributed by atoms with van der Waals surface area (Å²) >= 11 is 0. The Balaban J connectivity index is 1.47. The molecule has 0 aliphatic heterocycles. The minimum absolute atomic E-state index is 0.249. The van der Waals surface area contributed by atoms with Crippen LogP contribution in [0.4, 0.5) is 34.3 Å². The Morgan fingerprint density at radius 3 is 2.42 bits per heavy atom. The van der Waals surface area contributed by atoms with Gasteiger partial charge in [0.05, 0.1) is 0 Å². The summed E-state index contributed by atoms with van der Waals surface area (Å²) in [6, 6.07) is 20.3. The SMILES string of the molecule is Cc1c(N)cccc1Nc1cccc(C(=O)Nc2cc(Nc3ccncc3)ccn2)c1. The molecule has 0 aliphatic rings. The average Bonchev–Trinajstić information content (AvgIpc) is 2.78. The van der Waals surface area contributed by atoms with Crippen molar-refractivity contribution in [1.82, 2.24) is 9.97 Å². The smallest absolute Gasteiger partial charge is 0.256 e. The molecule has 2 aromatic heterocycles. The van der Waals surface area contributed by atoms with Gasteiger partial charge in [0.2, 0.25) is 0 Å². The van der Waals surface area contributed by atoms with Gasteiger partial charge >= 0.3 is 0 Å². The van der Waals surface area contributed by atoms with E-state index in [0.717, 1.165) is 28.3 Å². The normalized spacial score (nSPS) is 10.4. The zero-order valence-corrected chi connectivity index (χ0v) is 17.0. The summed E-state index contributed by atoms with van der Waals surface area (Å²) in [5.74, 6) is 0.204. The van der Waals surface area contributed by atoms with Crippen LogP contribution in [-0.2, 0) is 0 Å². The van der Waals surface area contributed by atoms with Crippen LogP contribution < -0.4 is 21.7 Å². The van der Waals surface area contributed by atoms with Crippen LogP contribution >= 0.6 is 0 Å². The second-order valence-corrected chi connectivity index (χ2v) is 6.97. The predicted octanol–water partition coefficient (Wildman–Crippen LogP) is 5.11. The summed E-state index contributed by atoms with van der Waals surface area (Å²) in [7, 11) is 0. The molecule has 0 fully saturated rings. The van der Waals surface area contributed by atoms with Crippen LogP contribution in [0.3, 0.4) is 0 Å². The number of rotatable bonds is 6. The standard InChI is InChI=1S/C24H22N6O/c1-16-21(25)6-3-7-22(16)29-19-5-2-4-17(14-19)24(31)30-23-15-20(10-13-27-23)28-18-8-11-26-12-9-18/h2-15,29H,25H2,1H3,(H2,26,27,28,30,31). The van der Waals surface area contributed by atoms with Gasteiger partial charge in [-0.2, -0.15) is 0 Å². The van der Waals surface area contributed by atoms with Crippen molar-refractivity contribution in [2.24, 2.45) is 0 Å². The molecular formula is C24H22N6O. The Hall–Kier alpha value is -4.39. The molecule has 0 saturated carbocycles. The summed E-state index contributed by atoms with van der Waals surface area (Å²) in [6.45, 7) is 1.95. The first-order valence-electron chi connectivity index (χ1n) is 9.75. The third-order valence-corrected chi connectivity index (χ3v) is 4.75. The van der Waals surface area contributed by atoms with Crippen molar-refractivity contribution in [2.75, 3.05) is 21.7 Å². The Labute approximate surface area is 180 Å². The molecule has 0 bridgehead atoms. The van der Waals surface area contributed by atoms with Gasteiger partial charge in [0.1, 0.15) is 5.82 Å². The molecule has 0 atom stereocenters. The van der Waals surface area contributed by atoms with Gasteiger partial charge in [0, 0.05) is 58.7 Å². The molecule has 2 aromatic carbocycles. The molecule has 154 valence electrons. The van der Waals surface area contributed by atoms with Crippen LogP contribution in [-0.4, -0.2) is 15.9 Å². The van der Waals surface area contributed by atoms with E-state index in [0.29, 0.717) is 17.1 Å². The fourth-order valence-electron chi connectivity index (χ4n) is 3.05. The number of anilines is 6. The number of benzene rings is 2. The number of aromatic nitrogens is 2. The Morgan fingerprint density at radius 2 is 1.58 bits per heavy atom. The first kappa shape index (κ1) is 19.9. The largest absolute Gasteiger partial charge is 0.398 e. The van der Waals surface area contributed by atoms with Gasteiger partial charge in [-0.25, -0.2) is 4.98 Å². The Morgan fingerprint density at radius 1 is 0.839 bits per heavy atom. The number of nitrogens with two attached hydrogens (primary N) is 1. The van der Waals surface area contributed by atoms with Crippen molar-refractivity contribution in [3.63, 3.8) is 0 Å². The van der Waals surface area contributed by atoms with E-state index in [2.05, 4.69) is 25.9 Å². The number of nitrogens with one attached hydrogen (secondary N) is 3. The molecule has 7 heteroatoms. The number of carbonyl (C=O) groups excluding carboxylic acids is 1. The maximum atomic E-state index is 12.8. The van der Waals surface area contributed by atoms with Crippen molar-refractivity contribution in [3.8, 4) is 0 Å². The molecular weight excluding hydrogens is 388 g/mol. The molecule has 0 unspecified atom stereocenters. The quantitative estimate of drug-likeness (QED) is 0.329. The molecule has 5 N–H and O–H groups in total. The van der Waals surface area contributed by atoms with Crippen LogP contribution in [0.5, 0.6) is 0 Å². The molecule has 0 saturated heterocycles. The maximum Gasteiger partial charge on any atom is 0.256 e. The Bertz CT molecular complexity index is 1210. The molecule has 4 rings (SSSR count). The van der Waals surface area contributed by atoms with Gasteiger partial charge in [-0.15, -0.1) is 0 Å². The summed E-state index contributed by atoms with van der Waals surface area (Å²) in [6.07, 6.45) is 5.05. The molecule has 4 aromatic rings. The number of hydrogen-bond acceptors (Lipinski definition) is 6. The van der Waals surface area contributed by atoms with Crippen LogP contribution in [0, 0.1) is 6.92 Å². The number of nitrogen functional groups attached to an aromatic ring is 1. The summed E-state index contributed by atoms with van der Waals surface area (Å²) in [5.41, 5.74) is 11.6. The first-order valence-corrected chi connectivity index (χ1v) is 9.75. The van der Waals surface area contributed by atoms with E-state index in [-0.39, 0.29) is 5.91 Å². The molecule has 7 nitrogen and oxygen atoms in total. The molecule has 31 heavy (non-hydrogen) atoms. The van der Waals surface area contributed by atoms with Gasteiger partial charge in [-0.3, -0.25) is 9.78 Å². The summed E-state index contributed by atoms with van der Waals surface area (Å²) < 4.78 is 0. The van der Waals surface area contributed by atoms with Crippen molar-refractivity contribution in [2.45, 2.75) is 6.92 Å². The van der Waals surface area contributed by atoms with Crippen LogP contribution in [0.15, 0.2) is 85.3 Å². The highest BCUT2D eigenvalue weighted by atomic mass is 16.1. The lowest BCUT2D eigenvalue weighted by Gasteiger charge is -2.12. The Kier molecular flexibility index (Phi) is 5.75. The van der Waals surface area contributed by atoms with Crippen molar-refractivity contribution in [1.29, 1.82) is 0 Å². The van der Waals surface area contributed by atoms with E-state index in [4.69, 9.17) is 5.73 Å². The molecule has 0 radical (unpaired) electrons. The zero-order valence-electron chi connectivity index (χ0n) is 17.0. The van der Waals surface area contributed by atoms with Gasteiger partial charge in [0.25, 0.3) is 5.91 Å². The molecule has 0 aliphatic carbocycles. The highest BCUT2D eigenvalue weighted by molar-refractivity contribution is 6.04. The molecule has 2 heterocycles. The number of hydrogen-bond donors (Lipinski definition) is 4. The van der Waals surface area contributed by atoms with Crippen LogP contribution in [0.2, 0.25) is 0 Å². The number of amides is 1. The fourth-order valence-corrected chi connectivity index (χ4v) is 3.05. The van der Waals surface area contributed by atoms with Crippen molar-refractivity contribution in [3.05, 3.63) is 96.4 Å². The second-order valence-electron chi connectivity index (χ2n) is 6.97. The van der Waals surface area contributed by atoms with Crippen molar-refractivity contribution < 1.29 is 4.79 Å². The average molecular weight is 410 g/mol. The van der Waals surface area contributed by atoms with E-state index in [9.17, 15) is 4.79 Å². The number of carbonyl (C=O) groups is 1. The van der Waals surface area contributed by atoms with E-state index >= 15 is 0 Å². The van der Waals surface area contributed by atoms with Crippen molar-refractivity contribution >= 4 is 40.2 Å². The minimum atomic E-state index is -0.249. The van der Waals surface area contributed by atoms with Gasteiger partial charge in [-0.1, -0.05) is 12.1 Å². The third kappa shape index (κ3) is 4.97. The molecule has 1 amide bonds. The second kappa shape index (κ2) is 8.96. The zero-order chi connectivity index (χ0) is 21.6. The third-order valence-electron chi connectivity index (χ3n) is 4.75. The lowest BCUT2D eigenvalue weighted by atomic mass is 10.1. The lowest BCUT2D eigenvalue weighted by Crippen LogP contribution is -2.13. The van der Waals surface area contributed by atoms with Crippen LogP contribution in [0.1, 0.15) is 15.9 Å². The lowest BCUT2D eigenvalue weighted by molar-refractivity contribution is 0.102. The fraction of sp³-hybridized carbons (Fsp3) is 0.0417. The number of nitrogens with zero attached hydrogens (tertiary/aromatic N) is 2. The maximum absolute atomic E-state index is 12.8. The monoisotopic (exact) mass is 410 g/mol. The van der Waals surface area contributed by atoms with E-state index < -0.39 is 0 Å². The van der Waals surface area contributed by atoms with Gasteiger partial charge in [0.15, 0.2) is 0 Å². The van der Waals surface area contributed by atoms with Gasteiger partial charge in [-0.05, 0) is 61.0 Å². The van der Waals surface area contributed by atoms with E-state index in [1.165, 1.54) is 0 Å². The van der Waals surface area contributed by atoms with E-state index in [1.807, 2.05) is 55.5 Å². The number of pyridine rings is 2. The highest BCUT2D eigenvalue weighted by Gasteiger charge is 2.09. The van der Waals surface area contributed by atoms with Gasteiger partial charge < -0.3 is 21.7 Å².